The van der Waals surface area contributed by atoms with Crippen molar-refractivity contribution in [2.24, 2.45) is 13.0 Å². The van der Waals surface area contributed by atoms with Gasteiger partial charge in [-0.1, -0.05) is 19.1 Å². The Morgan fingerprint density at radius 2 is 1.90 bits per heavy atom. The van der Waals surface area contributed by atoms with Crippen molar-refractivity contribution in [3.05, 3.63) is 72.4 Å². The third-order valence-corrected chi connectivity index (χ3v) is 5.61. The van der Waals surface area contributed by atoms with E-state index in [1.54, 1.807) is 16.9 Å². The highest BCUT2D eigenvalue weighted by atomic mass is 16.1. The quantitative estimate of drug-likeness (QED) is 0.478. The van der Waals surface area contributed by atoms with E-state index in [1.807, 2.05) is 37.8 Å². The fourth-order valence-corrected chi connectivity index (χ4v) is 3.95. The highest BCUT2D eigenvalue weighted by Gasteiger charge is 2.24. The van der Waals surface area contributed by atoms with E-state index in [-0.39, 0.29) is 12.2 Å². The Hall–Kier alpha value is -3.54. The van der Waals surface area contributed by atoms with Crippen LogP contribution in [0.25, 0.3) is 21.9 Å². The first kappa shape index (κ1) is 18.5. The van der Waals surface area contributed by atoms with Crippen LogP contribution in [-0.2, 0) is 13.5 Å². The predicted octanol–water partition coefficient (Wildman–Crippen LogP) is 3.91. The molecule has 6 heteroatoms. The van der Waals surface area contributed by atoms with Gasteiger partial charge in [-0.05, 0) is 41.1 Å². The van der Waals surface area contributed by atoms with Crippen LogP contribution in [0.1, 0.15) is 23.0 Å². The summed E-state index contributed by atoms with van der Waals surface area (Å²) in [7, 11) is 1.91. The van der Waals surface area contributed by atoms with E-state index >= 15 is 0 Å². The summed E-state index contributed by atoms with van der Waals surface area (Å²) in [6, 6.07) is 11.9. The average Bonchev–Trinajstić information content (AvgIpc) is 3.17. The lowest BCUT2D eigenvalue weighted by molar-refractivity contribution is 0.0992. The molecule has 0 bridgehead atoms. The van der Waals surface area contributed by atoms with Crippen molar-refractivity contribution in [2.75, 3.05) is 18.0 Å². The number of nitrogens with zero attached hydrogens (tertiary/aromatic N) is 5. The summed E-state index contributed by atoms with van der Waals surface area (Å²) in [5.74, 6) is 1.62. The van der Waals surface area contributed by atoms with Crippen molar-refractivity contribution in [3.8, 4) is 11.1 Å². The van der Waals surface area contributed by atoms with E-state index in [0.717, 1.165) is 46.5 Å². The summed E-state index contributed by atoms with van der Waals surface area (Å²) in [6.45, 7) is 4.21. The first-order chi connectivity index (χ1) is 14.5. The molecule has 3 aromatic heterocycles. The second-order valence-corrected chi connectivity index (χ2v) is 8.15. The van der Waals surface area contributed by atoms with Crippen molar-refractivity contribution >= 4 is 22.4 Å². The van der Waals surface area contributed by atoms with Crippen molar-refractivity contribution in [1.82, 2.24) is 19.7 Å². The number of aromatic nitrogens is 4. The molecular weight excluding hydrogens is 374 g/mol. The van der Waals surface area contributed by atoms with Gasteiger partial charge in [0.15, 0.2) is 5.78 Å². The Bertz CT molecular complexity index is 1240. The summed E-state index contributed by atoms with van der Waals surface area (Å²) < 4.78 is 1.79. The lowest BCUT2D eigenvalue weighted by atomic mass is 10.0. The Morgan fingerprint density at radius 1 is 1.03 bits per heavy atom. The van der Waals surface area contributed by atoms with Gasteiger partial charge in [0.05, 0.1) is 12.6 Å². The Balaban J connectivity index is 1.38. The molecule has 0 atom stereocenters. The predicted molar refractivity (Wildman–Crippen MR) is 118 cm³/mol. The van der Waals surface area contributed by atoms with Crippen LogP contribution in [-0.4, -0.2) is 38.6 Å². The Morgan fingerprint density at radius 3 is 2.67 bits per heavy atom. The van der Waals surface area contributed by atoms with Crippen LogP contribution in [0, 0.1) is 5.92 Å². The molecule has 5 rings (SSSR count). The second kappa shape index (κ2) is 7.37. The molecule has 0 unspecified atom stereocenters. The number of carbonyl (C=O) groups is 1. The Labute approximate surface area is 175 Å². The van der Waals surface area contributed by atoms with Crippen LogP contribution in [0.2, 0.25) is 0 Å². The van der Waals surface area contributed by atoms with Gasteiger partial charge in [-0.3, -0.25) is 14.5 Å². The fourth-order valence-electron chi connectivity index (χ4n) is 3.95. The standard InChI is InChI=1S/C24H23N5O/c1-16-13-29(14-16)24-9-18(5-6-25-24)23(30)10-22-8-20-7-17(3-4-19(20)11-26-22)21-12-27-28(2)15-21/h3-9,11-12,15-16H,10,13-14H2,1-2H3. The number of aryl methyl sites for hydroxylation is 1. The number of pyridine rings is 2. The molecule has 1 aliphatic heterocycles. The molecule has 0 amide bonds. The van der Waals surface area contributed by atoms with Crippen LogP contribution < -0.4 is 4.90 Å². The summed E-state index contributed by atoms with van der Waals surface area (Å²) in [4.78, 5) is 24.0. The van der Waals surface area contributed by atoms with Gasteiger partial charge >= 0.3 is 0 Å². The van der Waals surface area contributed by atoms with Crippen LogP contribution in [0.4, 0.5) is 5.82 Å². The van der Waals surface area contributed by atoms with Gasteiger partial charge in [-0.25, -0.2) is 4.98 Å². The largest absolute Gasteiger partial charge is 0.356 e. The van der Waals surface area contributed by atoms with Crippen LogP contribution in [0.3, 0.4) is 0 Å². The number of Topliss-reactive ketones (excluding diaryl/α,β-unsaturated/α-hetero) is 1. The molecule has 4 heterocycles. The molecule has 0 spiro atoms. The zero-order valence-corrected chi connectivity index (χ0v) is 17.1. The molecule has 0 radical (unpaired) electrons. The van der Waals surface area contributed by atoms with E-state index in [2.05, 4.69) is 45.1 Å². The molecule has 4 aromatic rings. The summed E-state index contributed by atoms with van der Waals surface area (Å²) in [5.41, 5.74) is 3.62. The minimum atomic E-state index is 0.0579. The van der Waals surface area contributed by atoms with Crippen LogP contribution in [0.5, 0.6) is 0 Å². The van der Waals surface area contributed by atoms with Gasteiger partial charge in [0, 0.05) is 60.9 Å². The fraction of sp³-hybridized carbons (Fsp3) is 0.250. The molecule has 0 N–H and O–H groups in total. The number of fused-ring (bicyclic) bond motifs is 1. The summed E-state index contributed by atoms with van der Waals surface area (Å²) in [6.07, 6.45) is 7.68. The molecule has 150 valence electrons. The minimum absolute atomic E-state index is 0.0579. The summed E-state index contributed by atoms with van der Waals surface area (Å²) >= 11 is 0. The molecule has 1 aliphatic rings. The van der Waals surface area contributed by atoms with E-state index in [4.69, 9.17) is 0 Å². The SMILES string of the molecule is CC1CN(c2cc(C(=O)Cc3cc4cc(-c5cnn(C)c5)ccc4cn3)ccn2)C1. The number of ketones is 1. The second-order valence-electron chi connectivity index (χ2n) is 8.15. The maximum atomic E-state index is 12.9. The van der Waals surface area contributed by atoms with Crippen LogP contribution >= 0.6 is 0 Å². The van der Waals surface area contributed by atoms with E-state index in [1.165, 1.54) is 0 Å². The molecule has 1 saturated heterocycles. The van der Waals surface area contributed by atoms with Gasteiger partial charge in [0.25, 0.3) is 0 Å². The third kappa shape index (κ3) is 3.56. The van der Waals surface area contributed by atoms with E-state index in [0.29, 0.717) is 11.5 Å². The van der Waals surface area contributed by atoms with Crippen molar-refractivity contribution in [1.29, 1.82) is 0 Å². The molecule has 0 aliphatic carbocycles. The molecule has 0 saturated carbocycles. The average molecular weight is 397 g/mol. The number of rotatable bonds is 5. The number of hydrogen-bond donors (Lipinski definition) is 0. The first-order valence-electron chi connectivity index (χ1n) is 10.2. The number of anilines is 1. The molecule has 30 heavy (non-hydrogen) atoms. The highest BCUT2D eigenvalue weighted by Crippen LogP contribution is 2.25. The lowest BCUT2D eigenvalue weighted by Crippen LogP contribution is -2.45. The molecule has 1 fully saturated rings. The van der Waals surface area contributed by atoms with Crippen molar-refractivity contribution < 1.29 is 4.79 Å². The maximum Gasteiger partial charge on any atom is 0.169 e. The molecule has 1 aromatic carbocycles. The third-order valence-electron chi connectivity index (χ3n) is 5.61. The van der Waals surface area contributed by atoms with Crippen LogP contribution in [0.15, 0.2) is 61.2 Å². The minimum Gasteiger partial charge on any atom is -0.356 e. The lowest BCUT2D eigenvalue weighted by Gasteiger charge is -2.38. The number of benzene rings is 1. The van der Waals surface area contributed by atoms with Crippen molar-refractivity contribution in [3.63, 3.8) is 0 Å². The Kier molecular flexibility index (Phi) is 4.54. The maximum absolute atomic E-state index is 12.9. The first-order valence-corrected chi connectivity index (χ1v) is 10.2. The van der Waals surface area contributed by atoms with Gasteiger partial charge < -0.3 is 4.90 Å². The van der Waals surface area contributed by atoms with E-state index in [9.17, 15) is 4.79 Å². The topological polar surface area (TPSA) is 63.9 Å². The normalized spacial score (nSPS) is 14.1. The van der Waals surface area contributed by atoms with Gasteiger partial charge in [-0.15, -0.1) is 0 Å². The number of carbonyl (C=O) groups excluding carboxylic acids is 1. The zero-order chi connectivity index (χ0) is 20.7. The zero-order valence-electron chi connectivity index (χ0n) is 17.1. The van der Waals surface area contributed by atoms with Crippen molar-refractivity contribution in [2.45, 2.75) is 13.3 Å². The molecule has 6 nitrogen and oxygen atoms in total. The van der Waals surface area contributed by atoms with Gasteiger partial charge in [-0.2, -0.15) is 5.10 Å². The van der Waals surface area contributed by atoms with E-state index < -0.39 is 0 Å². The summed E-state index contributed by atoms with van der Waals surface area (Å²) in [5, 5.41) is 6.37. The number of hydrogen-bond acceptors (Lipinski definition) is 5. The highest BCUT2D eigenvalue weighted by molar-refractivity contribution is 5.98. The van der Waals surface area contributed by atoms with Gasteiger partial charge in [0.1, 0.15) is 5.82 Å². The van der Waals surface area contributed by atoms with Gasteiger partial charge in [0.2, 0.25) is 0 Å². The monoisotopic (exact) mass is 397 g/mol. The molecular formula is C24H23N5O. The smallest absolute Gasteiger partial charge is 0.169 e.